The van der Waals surface area contributed by atoms with Gasteiger partial charge in [0, 0.05) is 18.8 Å². The second-order valence-electron chi connectivity index (χ2n) is 7.33. The van der Waals surface area contributed by atoms with Gasteiger partial charge in [0.15, 0.2) is 5.00 Å². The third kappa shape index (κ3) is 6.36. The van der Waals surface area contributed by atoms with Crippen molar-refractivity contribution in [1.82, 2.24) is 4.37 Å². The van der Waals surface area contributed by atoms with Crippen LogP contribution in [0.5, 0.6) is 0 Å². The van der Waals surface area contributed by atoms with Crippen molar-refractivity contribution in [3.8, 4) is 6.07 Å². The summed E-state index contributed by atoms with van der Waals surface area (Å²) in [5.74, 6) is -0.0795. The molecule has 3 rings (SSSR count). The van der Waals surface area contributed by atoms with Crippen LogP contribution in [-0.4, -0.2) is 20.8 Å². The van der Waals surface area contributed by atoms with Gasteiger partial charge in [0.2, 0.25) is 5.91 Å². The first-order valence-electron chi connectivity index (χ1n) is 10.6. The number of rotatable bonds is 9. The number of nitriles is 1. The predicted octanol–water partition coefficient (Wildman–Crippen LogP) is 6.92. The summed E-state index contributed by atoms with van der Waals surface area (Å²) in [4.78, 5) is 14.9. The average molecular weight is 572 g/mol. The molecule has 0 bridgehead atoms. The molecule has 3 aromatic rings. The number of nitrogens with zero attached hydrogens (tertiary/aromatic N) is 5. The van der Waals surface area contributed by atoms with E-state index in [1.165, 1.54) is 5.56 Å². The van der Waals surface area contributed by atoms with E-state index in [0.29, 0.717) is 27.6 Å². The van der Waals surface area contributed by atoms with Gasteiger partial charge in [0.25, 0.3) is 0 Å². The molecular weight excluding hydrogens is 547 g/mol. The Morgan fingerprint density at radius 3 is 2.67 bits per heavy atom. The van der Waals surface area contributed by atoms with E-state index >= 15 is 0 Å². The molecule has 33 heavy (non-hydrogen) atoms. The predicted molar refractivity (Wildman–Crippen MR) is 142 cm³/mol. The van der Waals surface area contributed by atoms with Gasteiger partial charge < -0.3 is 10.2 Å². The number of hydrogen-bond acceptors (Lipinski definition) is 7. The second kappa shape index (κ2) is 11.9. The van der Waals surface area contributed by atoms with Gasteiger partial charge in [-0.15, -0.1) is 10.2 Å². The molecular formula is C24H25IN6OS. The zero-order valence-electron chi connectivity index (χ0n) is 18.7. The third-order valence-corrected chi connectivity index (χ3v) is 7.32. The number of hydrogen-bond donors (Lipinski definition) is 1. The molecule has 1 amide bonds. The van der Waals surface area contributed by atoms with Crippen molar-refractivity contribution in [2.24, 2.45) is 10.2 Å². The van der Waals surface area contributed by atoms with Gasteiger partial charge in [0.05, 0.1) is 15.3 Å². The normalized spacial score (nSPS) is 11.8. The Morgan fingerprint density at radius 2 is 2.00 bits per heavy atom. The fourth-order valence-corrected chi connectivity index (χ4v) is 3.98. The molecule has 170 valence electrons. The third-order valence-electron chi connectivity index (χ3n) is 5.05. The standard InChI is InChI=1S/C24H25IN6OS/c1-4-20(25)23(32)27-22-13-18(31(5-2)15-17-9-7-6-8-10-17)11-12-21(22)28-29-24-19(14-26)16(3)30-33-24/h6-13,20H,4-5,15H2,1-3H3,(H,27,32). The quantitative estimate of drug-likeness (QED) is 0.171. The number of aromatic nitrogens is 1. The second-order valence-corrected chi connectivity index (χ2v) is 9.58. The first kappa shape index (κ1) is 24.8. The molecule has 1 N–H and O–H groups in total. The number of azo groups is 1. The Bertz CT molecular complexity index is 1170. The average Bonchev–Trinajstić information content (AvgIpc) is 3.20. The molecule has 1 atom stereocenters. The van der Waals surface area contributed by atoms with E-state index in [4.69, 9.17) is 0 Å². The molecule has 1 aromatic heterocycles. The van der Waals surface area contributed by atoms with Gasteiger partial charge in [0.1, 0.15) is 17.3 Å². The number of nitrogens with one attached hydrogen (secondary N) is 1. The first-order chi connectivity index (χ1) is 16.0. The van der Waals surface area contributed by atoms with E-state index in [1.807, 2.05) is 43.3 Å². The summed E-state index contributed by atoms with van der Waals surface area (Å²) in [5.41, 5.74) is 4.35. The van der Waals surface area contributed by atoms with Gasteiger partial charge in [-0.25, -0.2) is 0 Å². The fourth-order valence-electron chi connectivity index (χ4n) is 3.15. The maximum absolute atomic E-state index is 12.7. The van der Waals surface area contributed by atoms with Crippen molar-refractivity contribution in [2.45, 2.75) is 37.7 Å². The number of aryl methyl sites for hydroxylation is 1. The Kier molecular flexibility index (Phi) is 8.91. The molecule has 9 heteroatoms. The lowest BCUT2D eigenvalue weighted by atomic mass is 10.1. The summed E-state index contributed by atoms with van der Waals surface area (Å²) >= 11 is 3.27. The van der Waals surface area contributed by atoms with Gasteiger partial charge in [-0.3, -0.25) is 4.79 Å². The van der Waals surface area contributed by atoms with Crippen LogP contribution in [0.25, 0.3) is 0 Å². The van der Waals surface area contributed by atoms with Crippen molar-refractivity contribution >= 4 is 62.1 Å². The van der Waals surface area contributed by atoms with Crippen LogP contribution in [0, 0.1) is 18.3 Å². The number of anilines is 2. The number of carbonyl (C=O) groups is 1. The number of amides is 1. The highest BCUT2D eigenvalue weighted by molar-refractivity contribution is 14.1. The van der Waals surface area contributed by atoms with Crippen LogP contribution in [-0.2, 0) is 11.3 Å². The summed E-state index contributed by atoms with van der Waals surface area (Å²) in [6.45, 7) is 7.40. The van der Waals surface area contributed by atoms with Crippen LogP contribution >= 0.6 is 34.1 Å². The molecule has 1 unspecified atom stereocenters. The van der Waals surface area contributed by atoms with Crippen molar-refractivity contribution in [2.75, 3.05) is 16.8 Å². The van der Waals surface area contributed by atoms with Crippen LogP contribution < -0.4 is 10.2 Å². The highest BCUT2D eigenvalue weighted by Gasteiger charge is 2.17. The molecule has 0 spiro atoms. The van der Waals surface area contributed by atoms with E-state index in [2.05, 4.69) is 72.5 Å². The monoisotopic (exact) mass is 572 g/mol. The Morgan fingerprint density at radius 1 is 1.24 bits per heavy atom. The smallest absolute Gasteiger partial charge is 0.237 e. The molecule has 0 saturated heterocycles. The molecule has 7 nitrogen and oxygen atoms in total. The minimum atomic E-state index is -0.156. The molecule has 0 saturated carbocycles. The van der Waals surface area contributed by atoms with Crippen molar-refractivity contribution < 1.29 is 4.79 Å². The van der Waals surface area contributed by atoms with E-state index < -0.39 is 0 Å². The van der Waals surface area contributed by atoms with Crippen molar-refractivity contribution in [3.05, 3.63) is 65.4 Å². The van der Waals surface area contributed by atoms with E-state index in [0.717, 1.165) is 36.7 Å². The highest BCUT2D eigenvalue weighted by atomic mass is 127. The summed E-state index contributed by atoms with van der Waals surface area (Å²) in [7, 11) is 0. The zero-order chi connectivity index (χ0) is 23.8. The van der Waals surface area contributed by atoms with Crippen molar-refractivity contribution in [3.63, 3.8) is 0 Å². The van der Waals surface area contributed by atoms with E-state index in [1.54, 1.807) is 6.92 Å². The number of carbonyl (C=O) groups excluding carboxylic acids is 1. The molecule has 2 aromatic carbocycles. The SMILES string of the molecule is CCC(I)C(=O)Nc1cc(N(CC)Cc2ccccc2)ccc1N=Nc1snc(C)c1C#N. The van der Waals surface area contributed by atoms with Crippen molar-refractivity contribution in [1.29, 1.82) is 5.26 Å². The van der Waals surface area contributed by atoms with Crippen LogP contribution in [0.2, 0.25) is 0 Å². The highest BCUT2D eigenvalue weighted by Crippen LogP contribution is 2.34. The molecule has 0 radical (unpaired) electrons. The maximum atomic E-state index is 12.7. The lowest BCUT2D eigenvalue weighted by Crippen LogP contribution is -2.24. The van der Waals surface area contributed by atoms with Crippen LogP contribution in [0.4, 0.5) is 22.1 Å². The van der Waals surface area contributed by atoms with Gasteiger partial charge in [-0.05, 0) is 55.6 Å². The summed E-state index contributed by atoms with van der Waals surface area (Å²) < 4.78 is 4.03. The van der Waals surface area contributed by atoms with Gasteiger partial charge in [-0.2, -0.15) is 9.64 Å². The lowest BCUT2D eigenvalue weighted by Gasteiger charge is -2.24. The molecule has 1 heterocycles. The maximum Gasteiger partial charge on any atom is 0.237 e. The topological polar surface area (TPSA) is 93.7 Å². The fraction of sp³-hybridized carbons (Fsp3) is 0.292. The molecule has 0 fully saturated rings. The van der Waals surface area contributed by atoms with Gasteiger partial charge in [-0.1, -0.05) is 59.8 Å². The largest absolute Gasteiger partial charge is 0.367 e. The first-order valence-corrected chi connectivity index (χ1v) is 12.6. The van der Waals surface area contributed by atoms with Crippen LogP contribution in [0.1, 0.15) is 37.1 Å². The Balaban J connectivity index is 1.95. The minimum absolute atomic E-state index is 0.0795. The van der Waals surface area contributed by atoms with Gasteiger partial charge >= 0.3 is 0 Å². The molecule has 0 aliphatic rings. The number of halogens is 1. The van der Waals surface area contributed by atoms with Crippen LogP contribution in [0.15, 0.2) is 58.8 Å². The Hall–Kier alpha value is -2.84. The number of alkyl halides is 1. The lowest BCUT2D eigenvalue weighted by molar-refractivity contribution is -0.115. The zero-order valence-corrected chi connectivity index (χ0v) is 21.7. The molecule has 0 aliphatic carbocycles. The van der Waals surface area contributed by atoms with E-state index in [-0.39, 0.29) is 9.83 Å². The Labute approximate surface area is 211 Å². The summed E-state index contributed by atoms with van der Waals surface area (Å²) in [6.07, 6.45) is 0.726. The minimum Gasteiger partial charge on any atom is -0.367 e. The van der Waals surface area contributed by atoms with Crippen LogP contribution in [0.3, 0.4) is 0 Å². The number of benzene rings is 2. The molecule has 0 aliphatic heterocycles. The summed E-state index contributed by atoms with van der Waals surface area (Å²) in [6, 6.07) is 18.1. The summed E-state index contributed by atoms with van der Waals surface area (Å²) in [5, 5.41) is 21.4. The van der Waals surface area contributed by atoms with E-state index in [9.17, 15) is 10.1 Å².